The molecule has 0 spiro atoms. The van der Waals surface area contributed by atoms with Crippen LogP contribution in [0.5, 0.6) is 0 Å². The van der Waals surface area contributed by atoms with Crippen molar-refractivity contribution in [1.29, 1.82) is 0 Å². The number of hydrogen-bond acceptors (Lipinski definition) is 6. The van der Waals surface area contributed by atoms with Crippen molar-refractivity contribution in [2.75, 3.05) is 5.32 Å². The number of carbonyl (C=O) groups excluding carboxylic acids is 2. The van der Waals surface area contributed by atoms with Gasteiger partial charge in [0.15, 0.2) is 0 Å². The third-order valence-corrected chi connectivity index (χ3v) is 6.35. The Kier molecular flexibility index (Phi) is 5.26. The quantitative estimate of drug-likeness (QED) is 0.356. The second-order valence-corrected chi connectivity index (χ2v) is 8.70. The minimum Gasteiger partial charge on any atom is -0.348 e. The smallest absolute Gasteiger partial charge is 0.261 e. The molecule has 176 valence electrons. The van der Waals surface area contributed by atoms with Crippen LogP contribution in [0.25, 0.3) is 16.9 Å². The highest BCUT2D eigenvalue weighted by atomic mass is 16.2. The van der Waals surface area contributed by atoms with Gasteiger partial charge in [-0.2, -0.15) is 4.98 Å². The number of anilines is 1. The predicted molar refractivity (Wildman–Crippen MR) is 136 cm³/mol. The maximum atomic E-state index is 13.2. The van der Waals surface area contributed by atoms with Crippen LogP contribution in [-0.2, 0) is 6.54 Å². The summed E-state index contributed by atoms with van der Waals surface area (Å²) in [5, 5.41) is 3.33. The number of imide groups is 1. The number of aromatic nitrogens is 4. The molecule has 0 fully saturated rings. The molecule has 0 unspecified atom stereocenters. The van der Waals surface area contributed by atoms with E-state index in [0.29, 0.717) is 33.9 Å². The van der Waals surface area contributed by atoms with Gasteiger partial charge in [-0.1, -0.05) is 60.7 Å². The van der Waals surface area contributed by atoms with Crippen LogP contribution >= 0.6 is 0 Å². The zero-order valence-electron chi connectivity index (χ0n) is 19.5. The van der Waals surface area contributed by atoms with E-state index in [0.717, 1.165) is 11.1 Å². The van der Waals surface area contributed by atoms with E-state index in [4.69, 9.17) is 0 Å². The van der Waals surface area contributed by atoms with Crippen molar-refractivity contribution in [1.82, 2.24) is 24.4 Å². The van der Waals surface area contributed by atoms with Crippen molar-refractivity contribution in [2.24, 2.45) is 0 Å². The Hall–Kier alpha value is -4.85. The first kappa shape index (κ1) is 21.7. The van der Waals surface area contributed by atoms with E-state index in [1.165, 1.54) is 4.90 Å². The molecule has 0 aliphatic carbocycles. The summed E-state index contributed by atoms with van der Waals surface area (Å²) in [5.74, 6) is 0.467. The monoisotopic (exact) mass is 474 g/mol. The molecule has 1 atom stereocenters. The Balaban J connectivity index is 1.31. The lowest BCUT2D eigenvalue weighted by Gasteiger charge is -2.14. The van der Waals surface area contributed by atoms with E-state index in [1.54, 1.807) is 35.3 Å². The number of nitrogens with one attached hydrogen (secondary N) is 1. The molecule has 2 aromatic heterocycles. The molecule has 0 saturated carbocycles. The Labute approximate surface area is 207 Å². The van der Waals surface area contributed by atoms with Gasteiger partial charge in [0.05, 0.1) is 34.7 Å². The van der Waals surface area contributed by atoms with Gasteiger partial charge in [0.1, 0.15) is 12.1 Å². The van der Waals surface area contributed by atoms with Crippen LogP contribution in [0.2, 0.25) is 0 Å². The summed E-state index contributed by atoms with van der Waals surface area (Å²) in [6.45, 7) is 2.27. The lowest BCUT2D eigenvalue weighted by atomic mass is 10.1. The molecule has 3 aromatic carbocycles. The molecule has 5 aromatic rings. The van der Waals surface area contributed by atoms with Crippen LogP contribution in [0.1, 0.15) is 44.8 Å². The topological polar surface area (TPSA) is 93.0 Å². The highest BCUT2D eigenvalue weighted by Gasteiger charge is 2.36. The summed E-state index contributed by atoms with van der Waals surface area (Å²) in [6, 6.07) is 24.7. The highest BCUT2D eigenvalue weighted by molar-refractivity contribution is 6.22. The van der Waals surface area contributed by atoms with E-state index < -0.39 is 0 Å². The third kappa shape index (κ3) is 3.78. The van der Waals surface area contributed by atoms with E-state index in [1.807, 2.05) is 67.6 Å². The molecule has 6 rings (SSSR count). The van der Waals surface area contributed by atoms with Crippen LogP contribution in [0.3, 0.4) is 0 Å². The van der Waals surface area contributed by atoms with Gasteiger partial charge < -0.3 is 5.32 Å². The predicted octanol–water partition coefficient (Wildman–Crippen LogP) is 4.78. The summed E-state index contributed by atoms with van der Waals surface area (Å²) >= 11 is 0. The molecular weight excluding hydrogens is 452 g/mol. The number of hydrogen-bond donors (Lipinski definition) is 1. The van der Waals surface area contributed by atoms with Crippen LogP contribution < -0.4 is 5.32 Å². The molecular formula is C28H22N6O2. The van der Waals surface area contributed by atoms with Crippen LogP contribution in [-0.4, -0.2) is 36.2 Å². The fourth-order valence-corrected chi connectivity index (χ4v) is 4.46. The Morgan fingerprint density at radius 2 is 1.56 bits per heavy atom. The SMILES string of the molecule is C[C@H](Nc1nccc(-n2cnc3cc4c(cc32)C(=O)N(Cc2ccccc2)C4=O)n1)c1ccccc1. The average molecular weight is 475 g/mol. The summed E-state index contributed by atoms with van der Waals surface area (Å²) in [6.07, 6.45) is 3.32. The highest BCUT2D eigenvalue weighted by Crippen LogP contribution is 2.30. The van der Waals surface area contributed by atoms with Gasteiger partial charge in [-0.05, 0) is 36.2 Å². The first-order valence-corrected chi connectivity index (χ1v) is 11.6. The molecule has 3 heterocycles. The van der Waals surface area contributed by atoms with Gasteiger partial charge in [-0.15, -0.1) is 0 Å². The Bertz CT molecular complexity index is 1600. The van der Waals surface area contributed by atoms with E-state index in [2.05, 4.69) is 20.3 Å². The number of fused-ring (bicyclic) bond motifs is 2. The fraction of sp³-hybridized carbons (Fsp3) is 0.107. The molecule has 0 radical (unpaired) electrons. The Morgan fingerprint density at radius 1 is 0.861 bits per heavy atom. The van der Waals surface area contributed by atoms with Crippen molar-refractivity contribution >= 4 is 28.8 Å². The van der Waals surface area contributed by atoms with Gasteiger partial charge in [-0.25, -0.2) is 9.97 Å². The zero-order chi connectivity index (χ0) is 24.6. The summed E-state index contributed by atoms with van der Waals surface area (Å²) in [5.41, 5.74) is 4.06. The molecule has 8 heteroatoms. The molecule has 1 aliphatic heterocycles. The van der Waals surface area contributed by atoms with Gasteiger partial charge in [0.2, 0.25) is 5.95 Å². The number of benzene rings is 3. The first-order chi connectivity index (χ1) is 17.6. The number of amides is 2. The number of rotatable bonds is 6. The van der Waals surface area contributed by atoms with Gasteiger partial charge in [0, 0.05) is 6.20 Å². The van der Waals surface area contributed by atoms with Crippen molar-refractivity contribution in [2.45, 2.75) is 19.5 Å². The third-order valence-electron chi connectivity index (χ3n) is 6.35. The lowest BCUT2D eigenvalue weighted by Crippen LogP contribution is -2.29. The van der Waals surface area contributed by atoms with Gasteiger partial charge >= 0.3 is 0 Å². The van der Waals surface area contributed by atoms with Crippen LogP contribution in [0.4, 0.5) is 5.95 Å². The number of imidazole rings is 1. The second-order valence-electron chi connectivity index (χ2n) is 8.70. The van der Waals surface area contributed by atoms with E-state index >= 15 is 0 Å². The molecule has 8 nitrogen and oxygen atoms in total. The zero-order valence-corrected chi connectivity index (χ0v) is 19.5. The van der Waals surface area contributed by atoms with Crippen molar-refractivity contribution in [3.8, 4) is 5.82 Å². The normalized spacial score (nSPS) is 13.8. The first-order valence-electron chi connectivity index (χ1n) is 11.6. The van der Waals surface area contributed by atoms with Crippen LogP contribution in [0, 0.1) is 0 Å². The summed E-state index contributed by atoms with van der Waals surface area (Å²) in [7, 11) is 0. The maximum Gasteiger partial charge on any atom is 0.261 e. The standard InChI is InChI=1S/C28H22N6O2/c1-18(20-10-6-3-7-11-20)31-28-29-13-12-25(32-28)34-17-30-23-14-21-22(15-24(23)34)27(36)33(26(21)35)16-19-8-4-2-5-9-19/h2-15,17-18H,16H2,1H3,(H,29,31,32)/t18-/m0/s1. The summed E-state index contributed by atoms with van der Waals surface area (Å²) in [4.78, 5) is 41.0. The van der Waals surface area contributed by atoms with E-state index in [-0.39, 0.29) is 24.4 Å². The molecule has 0 bridgehead atoms. The summed E-state index contributed by atoms with van der Waals surface area (Å²) < 4.78 is 1.80. The minimum absolute atomic E-state index is 0.0171. The largest absolute Gasteiger partial charge is 0.348 e. The molecule has 0 saturated heterocycles. The minimum atomic E-state index is -0.310. The van der Waals surface area contributed by atoms with Crippen LogP contribution in [0.15, 0.2) is 91.4 Å². The van der Waals surface area contributed by atoms with Crippen molar-refractivity contribution < 1.29 is 9.59 Å². The maximum absolute atomic E-state index is 13.2. The lowest BCUT2D eigenvalue weighted by molar-refractivity contribution is 0.0642. The Morgan fingerprint density at radius 3 is 2.31 bits per heavy atom. The van der Waals surface area contributed by atoms with E-state index in [9.17, 15) is 9.59 Å². The number of nitrogens with zero attached hydrogens (tertiary/aromatic N) is 5. The molecule has 1 aliphatic rings. The molecule has 1 N–H and O–H groups in total. The van der Waals surface area contributed by atoms with Gasteiger partial charge in [0.25, 0.3) is 11.8 Å². The molecule has 36 heavy (non-hydrogen) atoms. The van der Waals surface area contributed by atoms with Gasteiger partial charge in [-0.3, -0.25) is 19.1 Å². The number of carbonyl (C=O) groups is 2. The second kappa shape index (κ2) is 8.74. The molecule has 2 amide bonds. The van der Waals surface area contributed by atoms with Crippen molar-refractivity contribution in [3.63, 3.8) is 0 Å². The van der Waals surface area contributed by atoms with Crippen molar-refractivity contribution in [3.05, 3.63) is 114 Å². The fourth-order valence-electron chi connectivity index (χ4n) is 4.46. The average Bonchev–Trinajstić information content (AvgIpc) is 3.43.